The average Bonchev–Trinajstić information content (AvgIpc) is 3.40. The van der Waals surface area contributed by atoms with Gasteiger partial charge in [0.25, 0.3) is 5.91 Å². The van der Waals surface area contributed by atoms with Crippen molar-refractivity contribution < 1.29 is 31.9 Å². The minimum Gasteiger partial charge on any atom is -0.389 e. The molecule has 0 bridgehead atoms. The van der Waals surface area contributed by atoms with Crippen LogP contribution in [-0.2, 0) is 29.1 Å². The van der Waals surface area contributed by atoms with Crippen molar-refractivity contribution in [2.24, 2.45) is 5.16 Å². The van der Waals surface area contributed by atoms with Crippen LogP contribution in [0.1, 0.15) is 18.9 Å². The highest BCUT2D eigenvalue weighted by Gasteiger charge is 2.22. The van der Waals surface area contributed by atoms with Gasteiger partial charge in [0.1, 0.15) is 0 Å². The zero-order chi connectivity index (χ0) is 23.1. The minimum absolute atomic E-state index is 0.0102. The number of methoxy groups -OCH3 is 1. The predicted octanol–water partition coefficient (Wildman–Crippen LogP) is 1.74. The van der Waals surface area contributed by atoms with E-state index in [-0.39, 0.29) is 28.4 Å². The van der Waals surface area contributed by atoms with Crippen LogP contribution in [0.15, 0.2) is 40.5 Å². The van der Waals surface area contributed by atoms with Crippen LogP contribution in [0.25, 0.3) is 0 Å². The number of amides is 1. The highest BCUT2D eigenvalue weighted by molar-refractivity contribution is 7.89. The predicted molar refractivity (Wildman–Crippen MR) is 116 cm³/mol. The van der Waals surface area contributed by atoms with E-state index in [1.54, 1.807) is 6.92 Å². The Bertz CT molecular complexity index is 1050. The van der Waals surface area contributed by atoms with Crippen molar-refractivity contribution in [3.05, 3.63) is 41.2 Å². The molecule has 3 rings (SSSR count). The SMILES string of the molecule is COC[C@H](C)NS(=O)(=O)c1ccc(C(=NO[C@@H]2CCOC2)C(=O)Nc2ncc(F)s2)cc1. The minimum atomic E-state index is -3.78. The number of benzene rings is 1. The van der Waals surface area contributed by atoms with Crippen molar-refractivity contribution in [3.8, 4) is 0 Å². The van der Waals surface area contributed by atoms with E-state index in [9.17, 15) is 17.6 Å². The maximum absolute atomic E-state index is 13.2. The molecule has 1 aliphatic rings. The number of thiazole rings is 1. The fourth-order valence-electron chi connectivity index (χ4n) is 2.83. The van der Waals surface area contributed by atoms with E-state index < -0.39 is 27.1 Å². The Labute approximate surface area is 188 Å². The quantitative estimate of drug-likeness (QED) is 0.387. The Morgan fingerprint density at radius 3 is 2.75 bits per heavy atom. The van der Waals surface area contributed by atoms with E-state index in [1.807, 2.05) is 0 Å². The highest BCUT2D eigenvalue weighted by atomic mass is 32.2. The van der Waals surface area contributed by atoms with Crippen molar-refractivity contribution in [1.82, 2.24) is 9.71 Å². The fourth-order valence-corrected chi connectivity index (χ4v) is 4.59. The Hall–Kier alpha value is -2.45. The first-order valence-corrected chi connectivity index (χ1v) is 11.9. The fraction of sp³-hybridized carbons (Fsp3) is 0.421. The Kier molecular flexibility index (Phi) is 8.26. The van der Waals surface area contributed by atoms with Gasteiger partial charge in [0.15, 0.2) is 22.1 Å². The molecule has 0 unspecified atom stereocenters. The van der Waals surface area contributed by atoms with Gasteiger partial charge in [-0.15, -0.1) is 0 Å². The first kappa shape index (κ1) is 24.2. The summed E-state index contributed by atoms with van der Waals surface area (Å²) in [5.74, 6) is -0.680. The summed E-state index contributed by atoms with van der Waals surface area (Å²) < 4.78 is 50.9. The molecule has 13 heteroatoms. The molecular formula is C19H23FN4O6S2. The number of rotatable bonds is 10. The third-order valence-electron chi connectivity index (χ3n) is 4.31. The lowest BCUT2D eigenvalue weighted by atomic mass is 10.1. The summed E-state index contributed by atoms with van der Waals surface area (Å²) in [7, 11) is -2.31. The molecule has 0 aliphatic carbocycles. The van der Waals surface area contributed by atoms with Crippen LogP contribution >= 0.6 is 11.3 Å². The van der Waals surface area contributed by atoms with Gasteiger partial charge in [0.2, 0.25) is 10.0 Å². The molecule has 2 aromatic rings. The van der Waals surface area contributed by atoms with E-state index in [0.717, 1.165) is 6.20 Å². The molecule has 1 aromatic heterocycles. The molecule has 0 spiro atoms. The van der Waals surface area contributed by atoms with E-state index in [2.05, 4.69) is 20.2 Å². The van der Waals surface area contributed by atoms with Gasteiger partial charge < -0.3 is 14.3 Å². The smallest absolute Gasteiger partial charge is 0.280 e. The molecule has 1 fully saturated rings. The average molecular weight is 487 g/mol. The van der Waals surface area contributed by atoms with Gasteiger partial charge in [0.05, 0.1) is 30.9 Å². The Morgan fingerprint density at radius 2 is 2.16 bits per heavy atom. The monoisotopic (exact) mass is 486 g/mol. The van der Waals surface area contributed by atoms with Crippen LogP contribution in [0.4, 0.5) is 9.52 Å². The molecule has 10 nitrogen and oxygen atoms in total. The van der Waals surface area contributed by atoms with Gasteiger partial charge in [-0.3, -0.25) is 10.1 Å². The summed E-state index contributed by atoms with van der Waals surface area (Å²) in [6.07, 6.45) is 1.31. The lowest BCUT2D eigenvalue weighted by molar-refractivity contribution is -0.110. The molecule has 0 saturated carbocycles. The number of hydrogen-bond acceptors (Lipinski definition) is 9. The summed E-state index contributed by atoms with van der Waals surface area (Å²) in [5, 5.41) is 5.94. The normalized spacial score (nSPS) is 17.8. The topological polar surface area (TPSA) is 128 Å². The van der Waals surface area contributed by atoms with Crippen LogP contribution in [0.3, 0.4) is 0 Å². The van der Waals surface area contributed by atoms with Crippen molar-refractivity contribution in [3.63, 3.8) is 0 Å². The maximum atomic E-state index is 13.2. The van der Waals surface area contributed by atoms with Gasteiger partial charge in [-0.05, 0) is 19.1 Å². The van der Waals surface area contributed by atoms with E-state index >= 15 is 0 Å². The lowest BCUT2D eigenvalue weighted by Crippen LogP contribution is -2.35. The summed E-state index contributed by atoms with van der Waals surface area (Å²) in [4.78, 5) is 22.0. The number of nitrogens with zero attached hydrogens (tertiary/aromatic N) is 2. The van der Waals surface area contributed by atoms with E-state index in [4.69, 9.17) is 14.3 Å². The molecule has 32 heavy (non-hydrogen) atoms. The molecule has 0 radical (unpaired) electrons. The second-order valence-electron chi connectivity index (χ2n) is 6.96. The van der Waals surface area contributed by atoms with Crippen LogP contribution in [0.2, 0.25) is 0 Å². The number of halogens is 1. The molecule has 2 atom stereocenters. The van der Waals surface area contributed by atoms with E-state index in [0.29, 0.717) is 36.5 Å². The zero-order valence-corrected chi connectivity index (χ0v) is 19.0. The van der Waals surface area contributed by atoms with Crippen molar-refractivity contribution in [2.45, 2.75) is 30.4 Å². The zero-order valence-electron chi connectivity index (χ0n) is 17.4. The Morgan fingerprint density at radius 1 is 1.41 bits per heavy atom. The maximum Gasteiger partial charge on any atom is 0.280 e. The number of ether oxygens (including phenoxy) is 2. The summed E-state index contributed by atoms with van der Waals surface area (Å²) >= 11 is 0.664. The third-order valence-corrected chi connectivity index (χ3v) is 6.61. The van der Waals surface area contributed by atoms with Crippen LogP contribution < -0.4 is 10.0 Å². The molecule has 174 valence electrons. The number of hydrogen-bond donors (Lipinski definition) is 2. The van der Waals surface area contributed by atoms with Gasteiger partial charge in [-0.1, -0.05) is 28.6 Å². The van der Waals surface area contributed by atoms with Gasteiger partial charge in [-0.2, -0.15) is 4.39 Å². The molecule has 2 N–H and O–H groups in total. The van der Waals surface area contributed by atoms with Crippen LogP contribution in [0, 0.1) is 5.13 Å². The number of carbonyl (C=O) groups excluding carboxylic acids is 1. The van der Waals surface area contributed by atoms with Gasteiger partial charge in [-0.25, -0.2) is 18.1 Å². The second kappa shape index (κ2) is 10.9. The number of sulfonamides is 1. The number of anilines is 1. The van der Waals surface area contributed by atoms with E-state index in [1.165, 1.54) is 31.4 Å². The van der Waals surface area contributed by atoms with Crippen molar-refractivity contribution in [1.29, 1.82) is 0 Å². The first-order chi connectivity index (χ1) is 15.3. The molecule has 1 amide bonds. The Balaban J connectivity index is 1.81. The third kappa shape index (κ3) is 6.53. The molecular weight excluding hydrogens is 463 g/mol. The number of carbonyl (C=O) groups is 1. The molecule has 1 aromatic carbocycles. The second-order valence-corrected chi connectivity index (χ2v) is 9.65. The summed E-state index contributed by atoms with van der Waals surface area (Å²) in [5.41, 5.74) is 0.194. The van der Waals surface area contributed by atoms with Gasteiger partial charge in [0, 0.05) is 25.1 Å². The highest BCUT2D eigenvalue weighted by Crippen LogP contribution is 2.18. The van der Waals surface area contributed by atoms with Gasteiger partial charge >= 0.3 is 0 Å². The van der Waals surface area contributed by atoms with Crippen molar-refractivity contribution >= 4 is 38.1 Å². The summed E-state index contributed by atoms with van der Waals surface area (Å²) in [6.45, 7) is 2.77. The number of oxime groups is 1. The largest absolute Gasteiger partial charge is 0.389 e. The standard InChI is InChI=1S/C19H23FN4O6S2/c1-12(10-28-2)24-32(26,27)15-5-3-13(4-6-15)17(23-30-14-7-8-29-11-14)18(25)22-19-21-9-16(20)31-19/h3-6,9,12,14,24H,7-8,10-11H2,1-2H3,(H,21,22,25)/t12-,14+/m0/s1. The number of aromatic nitrogens is 1. The summed E-state index contributed by atoms with van der Waals surface area (Å²) in [6, 6.07) is 5.15. The molecule has 1 aliphatic heterocycles. The molecule has 1 saturated heterocycles. The van der Waals surface area contributed by atoms with Crippen LogP contribution in [0.5, 0.6) is 0 Å². The van der Waals surface area contributed by atoms with Crippen LogP contribution in [-0.4, -0.2) is 64.1 Å². The number of nitrogens with one attached hydrogen (secondary N) is 2. The molecule has 2 heterocycles. The first-order valence-electron chi connectivity index (χ1n) is 9.64. The lowest BCUT2D eigenvalue weighted by Gasteiger charge is -2.14. The van der Waals surface area contributed by atoms with Crippen molar-refractivity contribution in [2.75, 3.05) is 32.2 Å².